The second kappa shape index (κ2) is 4.54. The van der Waals surface area contributed by atoms with Crippen molar-refractivity contribution in [3.8, 4) is 0 Å². The molecule has 2 unspecified atom stereocenters. The number of hydrogen-bond acceptors (Lipinski definition) is 2. The maximum Gasteiger partial charge on any atom is 0.0467 e. The maximum absolute atomic E-state index is 4.57. The van der Waals surface area contributed by atoms with Crippen LogP contribution in [0.3, 0.4) is 0 Å². The number of aryl methyl sites for hydroxylation is 1. The van der Waals surface area contributed by atoms with Crippen molar-refractivity contribution in [2.24, 2.45) is 0 Å². The maximum atomic E-state index is 4.57. The van der Waals surface area contributed by atoms with E-state index >= 15 is 0 Å². The molecule has 2 atom stereocenters. The van der Waals surface area contributed by atoms with Crippen LogP contribution in [-0.4, -0.2) is 23.0 Å². The van der Waals surface area contributed by atoms with Gasteiger partial charge in [0.25, 0.3) is 0 Å². The third-order valence-corrected chi connectivity index (χ3v) is 3.77. The first-order chi connectivity index (χ1) is 7.75. The van der Waals surface area contributed by atoms with Gasteiger partial charge in [0.1, 0.15) is 0 Å². The quantitative estimate of drug-likeness (QED) is 0.665. The predicted molar refractivity (Wildman–Crippen MR) is 67.6 cm³/mol. The van der Waals surface area contributed by atoms with E-state index in [2.05, 4.69) is 29.9 Å². The lowest BCUT2D eigenvalue weighted by molar-refractivity contribution is 0.222. The summed E-state index contributed by atoms with van der Waals surface area (Å²) < 4.78 is 0. The standard InChI is InChI=1S/C12H16N2.C2H6/c1-8-5-10-11(13-7-8)6-9-3-4-12(10)14(9)2;1-2/h5,7,9,12H,3-4,6H2,1-2H3;1-2H3. The molecule has 2 bridgehead atoms. The Kier molecular flexibility index (Phi) is 3.29. The van der Waals surface area contributed by atoms with E-state index in [-0.39, 0.29) is 0 Å². The molecule has 0 spiro atoms. The molecule has 0 saturated carbocycles. The van der Waals surface area contributed by atoms with E-state index in [1.165, 1.54) is 29.7 Å². The summed E-state index contributed by atoms with van der Waals surface area (Å²) in [5.41, 5.74) is 4.13. The molecule has 2 heteroatoms. The van der Waals surface area contributed by atoms with Crippen LogP contribution in [0.25, 0.3) is 0 Å². The van der Waals surface area contributed by atoms with Crippen LogP contribution in [0.2, 0.25) is 0 Å². The van der Waals surface area contributed by atoms with Crippen molar-refractivity contribution >= 4 is 0 Å². The summed E-state index contributed by atoms with van der Waals surface area (Å²) in [6, 6.07) is 3.73. The molecular weight excluding hydrogens is 196 g/mol. The van der Waals surface area contributed by atoms with Crippen molar-refractivity contribution in [2.45, 2.75) is 52.1 Å². The highest BCUT2D eigenvalue weighted by atomic mass is 15.2. The van der Waals surface area contributed by atoms with Crippen molar-refractivity contribution in [3.63, 3.8) is 0 Å². The molecule has 16 heavy (non-hydrogen) atoms. The van der Waals surface area contributed by atoms with Crippen LogP contribution < -0.4 is 0 Å². The Morgan fingerprint density at radius 1 is 1.31 bits per heavy atom. The minimum absolute atomic E-state index is 0.649. The van der Waals surface area contributed by atoms with Crippen molar-refractivity contribution in [2.75, 3.05) is 7.05 Å². The van der Waals surface area contributed by atoms with Crippen molar-refractivity contribution in [1.82, 2.24) is 9.88 Å². The van der Waals surface area contributed by atoms with Gasteiger partial charge in [-0.1, -0.05) is 19.9 Å². The Morgan fingerprint density at radius 2 is 2.06 bits per heavy atom. The molecule has 3 rings (SSSR count). The Balaban J connectivity index is 0.000000457. The number of fused-ring (bicyclic) bond motifs is 4. The molecule has 2 aliphatic heterocycles. The minimum atomic E-state index is 0.649. The van der Waals surface area contributed by atoms with Gasteiger partial charge in [0.05, 0.1) is 0 Å². The molecule has 1 fully saturated rings. The summed E-state index contributed by atoms with van der Waals surface area (Å²) in [6.07, 6.45) is 5.82. The Hall–Kier alpha value is -0.890. The second-order valence-corrected chi connectivity index (χ2v) is 4.67. The van der Waals surface area contributed by atoms with E-state index < -0.39 is 0 Å². The fourth-order valence-electron chi connectivity index (χ4n) is 2.94. The van der Waals surface area contributed by atoms with Crippen molar-refractivity contribution in [3.05, 3.63) is 29.1 Å². The van der Waals surface area contributed by atoms with Gasteiger partial charge in [0.15, 0.2) is 0 Å². The number of rotatable bonds is 0. The van der Waals surface area contributed by atoms with Gasteiger partial charge in [-0.15, -0.1) is 0 Å². The highest BCUT2D eigenvalue weighted by molar-refractivity contribution is 5.32. The van der Waals surface area contributed by atoms with Crippen LogP contribution >= 0.6 is 0 Å². The summed E-state index contributed by atoms with van der Waals surface area (Å²) in [7, 11) is 2.26. The number of aromatic nitrogens is 1. The van der Waals surface area contributed by atoms with Crippen molar-refractivity contribution in [1.29, 1.82) is 0 Å². The summed E-state index contributed by atoms with van der Waals surface area (Å²) in [5.74, 6) is 0. The molecule has 0 aliphatic carbocycles. The number of pyridine rings is 1. The molecule has 2 aliphatic rings. The average molecular weight is 218 g/mol. The lowest BCUT2D eigenvalue weighted by Gasteiger charge is -2.32. The topological polar surface area (TPSA) is 16.1 Å². The second-order valence-electron chi connectivity index (χ2n) is 4.67. The van der Waals surface area contributed by atoms with Gasteiger partial charge < -0.3 is 0 Å². The number of nitrogens with zero attached hydrogens (tertiary/aromatic N) is 2. The SMILES string of the molecule is CC.Cc1cnc2c(c1)C1CCC(C2)N1C. The molecule has 0 aromatic carbocycles. The first-order valence-corrected chi connectivity index (χ1v) is 6.43. The van der Waals surface area contributed by atoms with Gasteiger partial charge in [-0.25, -0.2) is 0 Å². The van der Waals surface area contributed by atoms with Gasteiger partial charge in [0.2, 0.25) is 0 Å². The summed E-state index contributed by atoms with van der Waals surface area (Å²) >= 11 is 0. The molecule has 0 amide bonds. The summed E-state index contributed by atoms with van der Waals surface area (Å²) in [6.45, 7) is 6.13. The molecule has 3 heterocycles. The van der Waals surface area contributed by atoms with Crippen LogP contribution in [0.15, 0.2) is 12.3 Å². The van der Waals surface area contributed by atoms with E-state index in [1.54, 1.807) is 0 Å². The van der Waals surface area contributed by atoms with Crippen LogP contribution in [-0.2, 0) is 6.42 Å². The van der Waals surface area contributed by atoms with E-state index in [0.717, 1.165) is 12.5 Å². The molecular formula is C14H22N2. The van der Waals surface area contributed by atoms with Gasteiger partial charge in [-0.05, 0) is 37.9 Å². The smallest absolute Gasteiger partial charge is 0.0467 e. The van der Waals surface area contributed by atoms with Gasteiger partial charge >= 0.3 is 0 Å². The Labute approximate surface area is 98.7 Å². The number of hydrogen-bond donors (Lipinski definition) is 0. The first-order valence-electron chi connectivity index (χ1n) is 6.43. The molecule has 1 saturated heterocycles. The zero-order valence-electron chi connectivity index (χ0n) is 10.8. The van der Waals surface area contributed by atoms with Crippen LogP contribution in [0, 0.1) is 6.92 Å². The van der Waals surface area contributed by atoms with Crippen LogP contribution in [0.5, 0.6) is 0 Å². The largest absolute Gasteiger partial charge is 0.296 e. The van der Waals surface area contributed by atoms with Gasteiger partial charge in [-0.3, -0.25) is 9.88 Å². The molecule has 0 radical (unpaired) electrons. The average Bonchev–Trinajstić information content (AvgIpc) is 2.56. The monoisotopic (exact) mass is 218 g/mol. The van der Waals surface area contributed by atoms with Gasteiger partial charge in [0, 0.05) is 30.4 Å². The molecule has 2 nitrogen and oxygen atoms in total. The fraction of sp³-hybridized carbons (Fsp3) is 0.643. The van der Waals surface area contributed by atoms with E-state index in [9.17, 15) is 0 Å². The zero-order chi connectivity index (χ0) is 11.7. The predicted octanol–water partition coefficient (Wildman–Crippen LogP) is 3.11. The first kappa shape index (κ1) is 11.6. The molecule has 1 aromatic heterocycles. The van der Waals surface area contributed by atoms with E-state index in [4.69, 9.17) is 0 Å². The zero-order valence-corrected chi connectivity index (χ0v) is 10.8. The molecule has 0 N–H and O–H groups in total. The summed E-state index contributed by atoms with van der Waals surface area (Å²) in [4.78, 5) is 7.10. The highest BCUT2D eigenvalue weighted by Crippen LogP contribution is 2.41. The molecule has 88 valence electrons. The lowest BCUT2D eigenvalue weighted by Crippen LogP contribution is -2.34. The van der Waals surface area contributed by atoms with Crippen LogP contribution in [0.1, 0.15) is 49.6 Å². The number of likely N-dealkylation sites (N-methyl/N-ethyl adjacent to an activating group) is 1. The lowest BCUT2D eigenvalue weighted by atomic mass is 9.97. The molecule has 1 aromatic rings. The third kappa shape index (κ3) is 1.75. The fourth-order valence-corrected chi connectivity index (χ4v) is 2.94. The Bertz CT molecular complexity index is 373. The van der Waals surface area contributed by atoms with Gasteiger partial charge in [-0.2, -0.15) is 0 Å². The van der Waals surface area contributed by atoms with E-state index in [1.807, 2.05) is 20.0 Å². The van der Waals surface area contributed by atoms with E-state index in [0.29, 0.717) is 6.04 Å². The summed E-state index contributed by atoms with van der Waals surface area (Å²) in [5, 5.41) is 0. The van der Waals surface area contributed by atoms with Crippen LogP contribution in [0.4, 0.5) is 0 Å². The normalized spacial score (nSPS) is 27.0. The Morgan fingerprint density at radius 3 is 2.81 bits per heavy atom. The highest BCUT2D eigenvalue weighted by Gasteiger charge is 2.37. The van der Waals surface area contributed by atoms with Crippen molar-refractivity contribution < 1.29 is 0 Å². The minimum Gasteiger partial charge on any atom is -0.296 e. The third-order valence-electron chi connectivity index (χ3n) is 3.77.